The Kier molecular flexibility index (Phi) is 4.25. The molecule has 0 radical (unpaired) electrons. The van der Waals surface area contributed by atoms with Gasteiger partial charge in [0.1, 0.15) is 5.75 Å². The van der Waals surface area contributed by atoms with Crippen LogP contribution in [-0.2, 0) is 13.1 Å². The van der Waals surface area contributed by atoms with Crippen LogP contribution in [0.2, 0.25) is 0 Å². The van der Waals surface area contributed by atoms with Crippen molar-refractivity contribution < 1.29 is 14.6 Å². The number of hydrogen-bond donors (Lipinski definition) is 2. The number of phenolic OH excluding ortho intramolecular Hbond substituents is 1. The highest BCUT2D eigenvalue weighted by Crippen LogP contribution is 2.37. The first-order chi connectivity index (χ1) is 10.3. The van der Waals surface area contributed by atoms with Gasteiger partial charge in [-0.05, 0) is 25.5 Å². The molecule has 0 saturated carbocycles. The van der Waals surface area contributed by atoms with Crippen molar-refractivity contribution in [3.05, 3.63) is 36.4 Å². The number of benzene rings is 1. The Morgan fingerprint density at radius 1 is 1.24 bits per heavy atom. The molecule has 6 nitrogen and oxygen atoms in total. The molecule has 1 aliphatic heterocycles. The molecular formula is C15H19N3O3. The molecule has 2 heterocycles. The molecule has 0 atom stereocenters. The molecule has 6 heteroatoms. The van der Waals surface area contributed by atoms with Gasteiger partial charge in [-0.15, -0.1) is 0 Å². The molecular weight excluding hydrogens is 270 g/mol. The second-order valence-electron chi connectivity index (χ2n) is 5.02. The molecule has 0 fully saturated rings. The zero-order valence-corrected chi connectivity index (χ0v) is 11.8. The van der Waals surface area contributed by atoms with E-state index in [1.165, 1.54) is 0 Å². The second-order valence-corrected chi connectivity index (χ2v) is 5.02. The summed E-state index contributed by atoms with van der Waals surface area (Å²) in [6, 6.07) is 3.44. The molecule has 0 bridgehead atoms. The number of aromatic hydroxyl groups is 1. The minimum atomic E-state index is 0.222. The Bertz CT molecular complexity index is 584. The summed E-state index contributed by atoms with van der Waals surface area (Å²) in [5.41, 5.74) is 0.828. The molecule has 2 N–H and O–H groups in total. The van der Waals surface area contributed by atoms with E-state index >= 15 is 0 Å². The van der Waals surface area contributed by atoms with Crippen molar-refractivity contribution in [2.45, 2.75) is 25.9 Å². The quantitative estimate of drug-likeness (QED) is 0.762. The molecule has 21 heavy (non-hydrogen) atoms. The topological polar surface area (TPSA) is 68.5 Å². The SMILES string of the molecule is Oc1cc2c(cc1CNCCCCn1ccnc1)OCO2. The summed E-state index contributed by atoms with van der Waals surface area (Å²) in [5, 5.41) is 13.2. The lowest BCUT2D eigenvalue weighted by Crippen LogP contribution is -2.15. The fraction of sp³-hybridized carbons (Fsp3) is 0.400. The van der Waals surface area contributed by atoms with Crippen LogP contribution in [0.15, 0.2) is 30.9 Å². The van der Waals surface area contributed by atoms with Gasteiger partial charge in [-0.2, -0.15) is 0 Å². The first-order valence-corrected chi connectivity index (χ1v) is 7.11. The van der Waals surface area contributed by atoms with E-state index in [4.69, 9.17) is 9.47 Å². The zero-order chi connectivity index (χ0) is 14.5. The summed E-state index contributed by atoms with van der Waals surface area (Å²) in [4.78, 5) is 4.01. The summed E-state index contributed by atoms with van der Waals surface area (Å²) in [6.07, 6.45) is 7.76. The average molecular weight is 289 g/mol. The normalized spacial score (nSPS) is 12.8. The Hall–Kier alpha value is -2.21. The van der Waals surface area contributed by atoms with E-state index in [9.17, 15) is 5.11 Å². The predicted molar refractivity (Wildman–Crippen MR) is 77.4 cm³/mol. The van der Waals surface area contributed by atoms with Crippen LogP contribution >= 0.6 is 0 Å². The largest absolute Gasteiger partial charge is 0.507 e. The van der Waals surface area contributed by atoms with Crippen LogP contribution in [0.4, 0.5) is 0 Å². The Labute approximate surface area is 123 Å². The Morgan fingerprint density at radius 3 is 2.90 bits per heavy atom. The lowest BCUT2D eigenvalue weighted by atomic mass is 10.1. The van der Waals surface area contributed by atoms with Crippen LogP contribution in [0.3, 0.4) is 0 Å². The van der Waals surface area contributed by atoms with Gasteiger partial charge in [-0.3, -0.25) is 0 Å². The fourth-order valence-corrected chi connectivity index (χ4v) is 2.30. The first kappa shape index (κ1) is 13.8. The van der Waals surface area contributed by atoms with Gasteiger partial charge in [-0.25, -0.2) is 4.98 Å². The summed E-state index contributed by atoms with van der Waals surface area (Å²) in [6.45, 7) is 2.73. The molecule has 1 aromatic heterocycles. The molecule has 3 rings (SSSR count). The van der Waals surface area contributed by atoms with Crippen LogP contribution in [0.25, 0.3) is 0 Å². The van der Waals surface area contributed by atoms with E-state index in [-0.39, 0.29) is 12.5 Å². The minimum absolute atomic E-state index is 0.222. The smallest absolute Gasteiger partial charge is 0.231 e. The predicted octanol–water partition coefficient (Wildman–Crippen LogP) is 1.89. The summed E-state index contributed by atoms with van der Waals surface area (Å²) >= 11 is 0. The molecule has 0 spiro atoms. The molecule has 1 aliphatic rings. The van der Waals surface area contributed by atoms with Gasteiger partial charge in [0.15, 0.2) is 11.5 Å². The van der Waals surface area contributed by atoms with Gasteiger partial charge < -0.3 is 24.5 Å². The van der Waals surface area contributed by atoms with Gasteiger partial charge in [0, 0.05) is 37.1 Å². The molecule has 0 unspecified atom stereocenters. The zero-order valence-electron chi connectivity index (χ0n) is 11.8. The van der Waals surface area contributed by atoms with Crippen molar-refractivity contribution in [3.8, 4) is 17.2 Å². The van der Waals surface area contributed by atoms with E-state index in [1.54, 1.807) is 12.3 Å². The lowest BCUT2D eigenvalue weighted by molar-refractivity contribution is 0.174. The van der Waals surface area contributed by atoms with Crippen molar-refractivity contribution >= 4 is 0 Å². The third kappa shape index (κ3) is 3.46. The Balaban J connectivity index is 1.39. The Morgan fingerprint density at radius 2 is 2.10 bits per heavy atom. The van der Waals surface area contributed by atoms with Gasteiger partial charge in [-0.1, -0.05) is 0 Å². The molecule has 0 aliphatic carbocycles. The number of imidazole rings is 1. The average Bonchev–Trinajstić information content (AvgIpc) is 3.13. The van der Waals surface area contributed by atoms with Gasteiger partial charge in [0.05, 0.1) is 6.33 Å². The number of unbranched alkanes of at least 4 members (excludes halogenated alkanes) is 1. The number of fused-ring (bicyclic) bond motifs is 1. The minimum Gasteiger partial charge on any atom is -0.507 e. The molecule has 2 aromatic rings. The van der Waals surface area contributed by atoms with Crippen LogP contribution in [0.5, 0.6) is 17.2 Å². The number of aryl methyl sites for hydroxylation is 1. The highest BCUT2D eigenvalue weighted by atomic mass is 16.7. The standard InChI is InChI=1S/C15H19N3O3/c19-13-8-15-14(20-11-21-15)7-12(13)9-16-3-1-2-5-18-6-4-17-10-18/h4,6-8,10,16,19H,1-3,5,9,11H2. The number of hydrogen-bond acceptors (Lipinski definition) is 5. The third-order valence-corrected chi connectivity index (χ3v) is 3.47. The lowest BCUT2D eigenvalue weighted by Gasteiger charge is -2.08. The first-order valence-electron chi connectivity index (χ1n) is 7.11. The maximum Gasteiger partial charge on any atom is 0.231 e. The van der Waals surface area contributed by atoms with Crippen LogP contribution in [0, 0.1) is 0 Å². The number of rotatable bonds is 7. The maximum atomic E-state index is 9.92. The van der Waals surface area contributed by atoms with E-state index in [1.807, 2.05) is 18.6 Å². The van der Waals surface area contributed by atoms with Crippen molar-refractivity contribution in [2.75, 3.05) is 13.3 Å². The highest BCUT2D eigenvalue weighted by Gasteiger charge is 2.16. The molecule has 112 valence electrons. The number of nitrogens with zero attached hydrogens (tertiary/aromatic N) is 2. The van der Waals surface area contributed by atoms with E-state index in [0.29, 0.717) is 18.0 Å². The molecule has 0 amide bonds. The van der Waals surface area contributed by atoms with E-state index < -0.39 is 0 Å². The van der Waals surface area contributed by atoms with Crippen LogP contribution in [-0.4, -0.2) is 28.0 Å². The van der Waals surface area contributed by atoms with Gasteiger partial charge in [0.2, 0.25) is 6.79 Å². The number of aromatic nitrogens is 2. The van der Waals surface area contributed by atoms with Crippen molar-refractivity contribution in [2.24, 2.45) is 0 Å². The van der Waals surface area contributed by atoms with Crippen molar-refractivity contribution in [1.82, 2.24) is 14.9 Å². The second kappa shape index (κ2) is 6.49. The monoisotopic (exact) mass is 289 g/mol. The van der Waals surface area contributed by atoms with E-state index in [2.05, 4.69) is 14.9 Å². The van der Waals surface area contributed by atoms with Gasteiger partial charge >= 0.3 is 0 Å². The third-order valence-electron chi connectivity index (χ3n) is 3.47. The van der Waals surface area contributed by atoms with Crippen LogP contribution < -0.4 is 14.8 Å². The van der Waals surface area contributed by atoms with Crippen molar-refractivity contribution in [1.29, 1.82) is 0 Å². The molecule has 0 saturated heterocycles. The maximum absolute atomic E-state index is 9.92. The summed E-state index contributed by atoms with van der Waals surface area (Å²) in [7, 11) is 0. The summed E-state index contributed by atoms with van der Waals surface area (Å²) < 4.78 is 12.6. The molecule has 1 aromatic carbocycles. The van der Waals surface area contributed by atoms with E-state index in [0.717, 1.165) is 31.5 Å². The highest BCUT2D eigenvalue weighted by molar-refractivity contribution is 5.51. The number of phenols is 1. The fourth-order valence-electron chi connectivity index (χ4n) is 2.30. The van der Waals surface area contributed by atoms with Gasteiger partial charge in [0.25, 0.3) is 0 Å². The summed E-state index contributed by atoms with van der Waals surface area (Å²) in [5.74, 6) is 1.55. The number of ether oxygens (including phenoxy) is 2. The number of nitrogens with one attached hydrogen (secondary N) is 1. The van der Waals surface area contributed by atoms with Crippen LogP contribution in [0.1, 0.15) is 18.4 Å². The van der Waals surface area contributed by atoms with Crippen molar-refractivity contribution in [3.63, 3.8) is 0 Å².